The molecule has 0 N–H and O–H groups in total. The van der Waals surface area contributed by atoms with E-state index in [4.69, 9.17) is 18.9 Å². The summed E-state index contributed by atoms with van der Waals surface area (Å²) in [5.41, 5.74) is -1.96. The molecule has 6 bridgehead atoms. The minimum Gasteiger partial charge on any atom is -0.458 e. The second-order valence-corrected chi connectivity index (χ2v) is 13.4. The smallest absolute Gasteiger partial charge is 0.327 e. The first kappa shape index (κ1) is 27.0. The van der Waals surface area contributed by atoms with Crippen LogP contribution < -0.4 is 0 Å². The van der Waals surface area contributed by atoms with Crippen LogP contribution in [0.15, 0.2) is 0 Å². The van der Waals surface area contributed by atoms with Gasteiger partial charge in [-0.2, -0.15) is 5.26 Å². The first-order valence-electron chi connectivity index (χ1n) is 14.0. The van der Waals surface area contributed by atoms with Crippen molar-refractivity contribution in [3.63, 3.8) is 0 Å². The maximum absolute atomic E-state index is 12.2. The van der Waals surface area contributed by atoms with Gasteiger partial charge in [0.25, 0.3) is 0 Å². The minimum atomic E-state index is -0.974. The maximum atomic E-state index is 12.2. The monoisotopic (exact) mass is 529 g/mol. The summed E-state index contributed by atoms with van der Waals surface area (Å²) in [4.78, 5) is 47.9. The molecule has 38 heavy (non-hydrogen) atoms. The van der Waals surface area contributed by atoms with Crippen LogP contribution in [0.4, 0.5) is 0 Å². The van der Waals surface area contributed by atoms with E-state index < -0.39 is 28.3 Å². The summed E-state index contributed by atoms with van der Waals surface area (Å²) < 4.78 is 22.0. The molecule has 9 heteroatoms. The summed E-state index contributed by atoms with van der Waals surface area (Å²) in [5, 5.41) is 9.31. The fourth-order valence-corrected chi connectivity index (χ4v) is 7.21. The van der Waals surface area contributed by atoms with Gasteiger partial charge >= 0.3 is 23.9 Å². The quantitative estimate of drug-likeness (QED) is 0.373. The van der Waals surface area contributed by atoms with Crippen LogP contribution in [-0.2, 0) is 38.1 Å². The summed E-state index contributed by atoms with van der Waals surface area (Å²) in [6.45, 7) is 11.4. The Bertz CT molecular complexity index is 1090. The van der Waals surface area contributed by atoms with Gasteiger partial charge in [0.15, 0.2) is 5.41 Å². The molecule has 208 valence electrons. The summed E-state index contributed by atoms with van der Waals surface area (Å²) in [7, 11) is 0. The van der Waals surface area contributed by atoms with Crippen LogP contribution in [0.1, 0.15) is 80.1 Å². The number of hydrogen-bond donors (Lipinski definition) is 0. The van der Waals surface area contributed by atoms with Crippen molar-refractivity contribution in [1.29, 1.82) is 5.26 Å². The molecule has 0 radical (unpaired) electrons. The van der Waals surface area contributed by atoms with E-state index in [1.165, 1.54) is 0 Å². The molecule has 7 aliphatic rings. The average molecular weight is 530 g/mol. The molecule has 0 aromatic rings. The summed E-state index contributed by atoms with van der Waals surface area (Å²) >= 11 is 0. The van der Waals surface area contributed by atoms with E-state index in [0.717, 1.165) is 25.7 Å². The molecule has 4 aliphatic carbocycles. The molecule has 0 aromatic heterocycles. The lowest BCUT2D eigenvalue weighted by atomic mass is 9.74. The number of nitrogens with zero attached hydrogens (tertiary/aromatic N) is 1. The van der Waals surface area contributed by atoms with Gasteiger partial charge in [0, 0.05) is 23.7 Å². The summed E-state index contributed by atoms with van der Waals surface area (Å²) in [6, 6.07) is 2.15. The highest BCUT2D eigenvalue weighted by Gasteiger charge is 2.72. The van der Waals surface area contributed by atoms with E-state index in [9.17, 15) is 24.4 Å². The Labute approximate surface area is 223 Å². The number of carbonyl (C=O) groups is 4. The molecule has 3 saturated heterocycles. The fourth-order valence-electron chi connectivity index (χ4n) is 7.21. The van der Waals surface area contributed by atoms with Crippen LogP contribution in [0.25, 0.3) is 0 Å². The van der Waals surface area contributed by atoms with Crippen LogP contribution in [0.2, 0.25) is 0 Å². The molecule has 10 unspecified atom stereocenters. The predicted molar refractivity (Wildman–Crippen MR) is 132 cm³/mol. The van der Waals surface area contributed by atoms with Gasteiger partial charge < -0.3 is 18.9 Å². The zero-order valence-electron chi connectivity index (χ0n) is 23.2. The van der Waals surface area contributed by atoms with Crippen molar-refractivity contribution in [2.45, 2.75) is 104 Å². The third-order valence-corrected chi connectivity index (χ3v) is 10.5. The van der Waals surface area contributed by atoms with E-state index in [2.05, 4.69) is 6.07 Å². The van der Waals surface area contributed by atoms with Gasteiger partial charge in [-0.05, 0) is 66.2 Å². The summed E-state index contributed by atoms with van der Waals surface area (Å²) in [6.07, 6.45) is 3.41. The third-order valence-electron chi connectivity index (χ3n) is 10.5. The molecule has 4 saturated carbocycles. The van der Waals surface area contributed by atoms with Crippen molar-refractivity contribution in [1.82, 2.24) is 0 Å². The fraction of sp³-hybridized carbons (Fsp3) is 0.828. The zero-order chi connectivity index (χ0) is 27.8. The Kier molecular flexibility index (Phi) is 6.35. The normalized spacial score (nSPS) is 41.2. The van der Waals surface area contributed by atoms with Crippen molar-refractivity contribution >= 4 is 23.9 Å². The van der Waals surface area contributed by atoms with E-state index in [-0.39, 0.29) is 59.9 Å². The molecule has 10 atom stereocenters. The van der Waals surface area contributed by atoms with Crippen molar-refractivity contribution < 1.29 is 38.1 Å². The Hall–Kier alpha value is -2.63. The van der Waals surface area contributed by atoms with Gasteiger partial charge in [-0.1, -0.05) is 13.8 Å². The standard InChI is InChI=1S/C15H19NO4.C14H20O4/c1-4-14(2,3)12(17)19-10-8-5-9-11(10)20-13(18)15(9,6-8)7-16;1-4-14(2,3)13(16)18-11-8-5-7-6-9(8)12(15)17-10(7)11/h8-11H,4-6H2,1-3H3;7-11H,4-6H2,1-3H3. The average Bonchev–Trinajstić information content (AvgIpc) is 3.65. The molecule has 3 heterocycles. The van der Waals surface area contributed by atoms with Crippen LogP contribution in [0.3, 0.4) is 0 Å². The highest BCUT2D eigenvalue weighted by molar-refractivity contribution is 5.85. The number of nitriles is 1. The van der Waals surface area contributed by atoms with Crippen LogP contribution in [-0.4, -0.2) is 48.3 Å². The largest absolute Gasteiger partial charge is 0.458 e. The van der Waals surface area contributed by atoms with Gasteiger partial charge in [-0.3, -0.25) is 19.2 Å². The van der Waals surface area contributed by atoms with Crippen LogP contribution in [0, 0.1) is 57.2 Å². The molecule has 0 amide bonds. The van der Waals surface area contributed by atoms with Gasteiger partial charge in [0.1, 0.15) is 24.4 Å². The third kappa shape index (κ3) is 3.84. The minimum absolute atomic E-state index is 0.0254. The Balaban J connectivity index is 0.000000156. The molecule has 3 aliphatic heterocycles. The zero-order valence-corrected chi connectivity index (χ0v) is 23.2. The number of ether oxygens (including phenoxy) is 4. The maximum Gasteiger partial charge on any atom is 0.327 e. The topological polar surface area (TPSA) is 129 Å². The van der Waals surface area contributed by atoms with Crippen LogP contribution >= 0.6 is 0 Å². The number of rotatable bonds is 6. The Morgan fingerprint density at radius 2 is 1.53 bits per heavy atom. The molecule has 7 fully saturated rings. The number of hydrogen-bond acceptors (Lipinski definition) is 9. The molecular formula is C29H39NO8. The molecule has 0 spiro atoms. The van der Waals surface area contributed by atoms with Crippen molar-refractivity contribution in [2.24, 2.45) is 45.8 Å². The lowest BCUT2D eigenvalue weighted by Gasteiger charge is -2.40. The van der Waals surface area contributed by atoms with E-state index in [1.54, 1.807) is 0 Å². The van der Waals surface area contributed by atoms with Crippen molar-refractivity contribution in [3.05, 3.63) is 0 Å². The first-order valence-corrected chi connectivity index (χ1v) is 14.0. The lowest BCUT2D eigenvalue weighted by molar-refractivity contribution is -0.200. The molecule has 9 nitrogen and oxygen atoms in total. The predicted octanol–water partition coefficient (Wildman–Crippen LogP) is 3.73. The number of carbonyl (C=O) groups excluding carboxylic acids is 4. The molecule has 0 aromatic carbocycles. The Morgan fingerprint density at radius 3 is 2.08 bits per heavy atom. The van der Waals surface area contributed by atoms with Gasteiger partial charge in [0.2, 0.25) is 0 Å². The first-order chi connectivity index (χ1) is 17.8. The molecule has 7 rings (SSSR count). The van der Waals surface area contributed by atoms with Gasteiger partial charge in [-0.25, -0.2) is 0 Å². The van der Waals surface area contributed by atoms with Crippen molar-refractivity contribution in [3.8, 4) is 6.07 Å². The lowest BCUT2D eigenvalue weighted by Crippen LogP contribution is -2.52. The van der Waals surface area contributed by atoms with E-state index in [1.807, 2.05) is 41.5 Å². The SMILES string of the molecule is CCC(C)(C)C(=O)OC1C2CC3C1OC(=O)C3(C#N)C2.CCC(C)(C)C(=O)OC1C2CC3CC2C(=O)OC31. The van der Waals surface area contributed by atoms with Crippen molar-refractivity contribution in [2.75, 3.05) is 0 Å². The van der Waals surface area contributed by atoms with Gasteiger partial charge in [-0.15, -0.1) is 0 Å². The molecular weight excluding hydrogens is 490 g/mol. The van der Waals surface area contributed by atoms with Crippen LogP contribution in [0.5, 0.6) is 0 Å². The second-order valence-electron chi connectivity index (χ2n) is 13.4. The highest BCUT2D eigenvalue weighted by Crippen LogP contribution is 2.62. The van der Waals surface area contributed by atoms with E-state index in [0.29, 0.717) is 18.8 Å². The highest BCUT2D eigenvalue weighted by atomic mass is 16.6. The van der Waals surface area contributed by atoms with Gasteiger partial charge in [0.05, 0.1) is 22.8 Å². The van der Waals surface area contributed by atoms with E-state index >= 15 is 0 Å². The number of esters is 4. The second kappa shape index (κ2) is 8.96. The Morgan fingerprint density at radius 1 is 0.921 bits per heavy atom. The summed E-state index contributed by atoms with van der Waals surface area (Å²) in [5.74, 6) is -0.347. The number of fused-ring (bicyclic) bond motifs is 2.